The van der Waals surface area contributed by atoms with E-state index in [9.17, 15) is 14.4 Å². The molecule has 3 atom stereocenters. The molecule has 0 aromatic heterocycles. The molecule has 39 heavy (non-hydrogen) atoms. The number of carbonyl (C=O) groups is 3. The SMILES string of the molecule is CCc1ccc(N2C(=O)[C@@H]3[C@H](ON(c4ccccc4)[C@@H]3c3ccc(OC(=O)c4ccccc4)cc3)C2=O)cc1. The van der Waals surface area contributed by atoms with Gasteiger partial charge in [0, 0.05) is 0 Å². The molecule has 0 bridgehead atoms. The van der Waals surface area contributed by atoms with E-state index in [0.29, 0.717) is 17.0 Å². The third-order valence-electron chi connectivity index (χ3n) is 7.17. The Morgan fingerprint density at radius 1 is 0.769 bits per heavy atom. The topological polar surface area (TPSA) is 76.2 Å². The summed E-state index contributed by atoms with van der Waals surface area (Å²) in [6.45, 7) is 2.05. The summed E-state index contributed by atoms with van der Waals surface area (Å²) in [5.41, 5.74) is 3.60. The highest BCUT2D eigenvalue weighted by Crippen LogP contribution is 2.47. The van der Waals surface area contributed by atoms with Gasteiger partial charge in [-0.2, -0.15) is 0 Å². The van der Waals surface area contributed by atoms with Gasteiger partial charge in [-0.25, -0.2) is 14.8 Å². The minimum atomic E-state index is -0.954. The molecule has 2 aliphatic rings. The number of carbonyl (C=O) groups excluding carboxylic acids is 3. The standard InChI is InChI=1S/C32H26N2O5/c1-2-21-13-17-24(18-14-21)33-30(35)27-28(34(39-29(27)31(33)36)25-11-7-4-8-12-25)22-15-19-26(20-16-22)38-32(37)23-9-5-3-6-10-23/h3-20,27-29H,2H2,1H3/t27-,28+,29-/m0/s1. The van der Waals surface area contributed by atoms with Crippen molar-refractivity contribution >= 4 is 29.2 Å². The van der Waals surface area contributed by atoms with E-state index in [1.165, 1.54) is 4.90 Å². The molecule has 6 rings (SSSR count). The van der Waals surface area contributed by atoms with Crippen LogP contribution in [0.25, 0.3) is 0 Å². The van der Waals surface area contributed by atoms with Crippen molar-refractivity contribution in [1.29, 1.82) is 0 Å². The zero-order valence-corrected chi connectivity index (χ0v) is 21.3. The van der Waals surface area contributed by atoms with Crippen molar-refractivity contribution in [1.82, 2.24) is 0 Å². The molecule has 4 aromatic carbocycles. The second-order valence-corrected chi connectivity index (χ2v) is 9.51. The van der Waals surface area contributed by atoms with Gasteiger partial charge in [0.05, 0.1) is 23.0 Å². The van der Waals surface area contributed by atoms with Crippen LogP contribution in [-0.4, -0.2) is 23.9 Å². The van der Waals surface area contributed by atoms with E-state index in [2.05, 4.69) is 6.92 Å². The smallest absolute Gasteiger partial charge is 0.343 e. The van der Waals surface area contributed by atoms with E-state index in [1.54, 1.807) is 65.7 Å². The first-order valence-corrected chi connectivity index (χ1v) is 12.9. The monoisotopic (exact) mass is 518 g/mol. The first-order chi connectivity index (χ1) is 19.0. The molecule has 4 aromatic rings. The third kappa shape index (κ3) is 4.47. The largest absolute Gasteiger partial charge is 0.423 e. The van der Waals surface area contributed by atoms with Crippen molar-refractivity contribution in [2.75, 3.05) is 9.96 Å². The molecule has 2 amide bonds. The van der Waals surface area contributed by atoms with Gasteiger partial charge in [-0.1, -0.05) is 67.6 Å². The summed E-state index contributed by atoms with van der Waals surface area (Å²) in [6.07, 6.45) is -0.0921. The van der Waals surface area contributed by atoms with Crippen molar-refractivity contribution in [3.8, 4) is 5.75 Å². The number of rotatable bonds is 6. The average Bonchev–Trinajstić information content (AvgIpc) is 3.50. The summed E-state index contributed by atoms with van der Waals surface area (Å²) in [5.74, 6) is -1.52. The lowest BCUT2D eigenvalue weighted by Gasteiger charge is -2.28. The minimum absolute atomic E-state index is 0.308. The third-order valence-corrected chi connectivity index (χ3v) is 7.17. The van der Waals surface area contributed by atoms with E-state index < -0.39 is 24.0 Å². The summed E-state index contributed by atoms with van der Waals surface area (Å²) >= 11 is 0. The van der Waals surface area contributed by atoms with Gasteiger partial charge in [0.15, 0.2) is 6.10 Å². The quantitative estimate of drug-likeness (QED) is 0.190. The number of benzene rings is 4. The number of anilines is 2. The van der Waals surface area contributed by atoms with Crippen LogP contribution < -0.4 is 14.7 Å². The Balaban J connectivity index is 1.32. The second kappa shape index (κ2) is 10.2. The summed E-state index contributed by atoms with van der Waals surface area (Å²) < 4.78 is 5.54. The Hall–Kier alpha value is -4.75. The molecule has 0 spiro atoms. The molecule has 194 valence electrons. The van der Waals surface area contributed by atoms with Crippen LogP contribution in [0.1, 0.15) is 34.5 Å². The number of aryl methyl sites for hydroxylation is 1. The van der Waals surface area contributed by atoms with Crippen LogP contribution in [0.2, 0.25) is 0 Å². The van der Waals surface area contributed by atoms with Gasteiger partial charge in [0.25, 0.3) is 5.91 Å². The molecule has 0 aliphatic carbocycles. The number of ether oxygens (including phenoxy) is 1. The normalized spacial score (nSPS) is 20.3. The summed E-state index contributed by atoms with van der Waals surface area (Å²) in [5, 5.41) is 1.65. The highest BCUT2D eigenvalue weighted by molar-refractivity contribution is 6.23. The predicted octanol–water partition coefficient (Wildman–Crippen LogP) is 5.52. The number of hydroxylamine groups is 1. The number of hydrogen-bond donors (Lipinski definition) is 0. The average molecular weight is 519 g/mol. The number of amides is 2. The van der Waals surface area contributed by atoms with Crippen LogP contribution in [0.15, 0.2) is 109 Å². The molecule has 7 nitrogen and oxygen atoms in total. The maximum atomic E-state index is 13.8. The number of hydrogen-bond acceptors (Lipinski definition) is 6. The fourth-order valence-corrected chi connectivity index (χ4v) is 5.16. The number of nitrogens with zero attached hydrogens (tertiary/aromatic N) is 2. The van der Waals surface area contributed by atoms with Crippen LogP contribution in [-0.2, 0) is 20.8 Å². The highest BCUT2D eigenvalue weighted by Gasteiger charge is 2.60. The van der Waals surface area contributed by atoms with Gasteiger partial charge in [-0.05, 0) is 66.1 Å². The van der Waals surface area contributed by atoms with Crippen molar-refractivity contribution in [2.45, 2.75) is 25.5 Å². The molecule has 7 heteroatoms. The molecule has 2 heterocycles. The van der Waals surface area contributed by atoms with Crippen molar-refractivity contribution in [3.63, 3.8) is 0 Å². The summed E-state index contributed by atoms with van der Waals surface area (Å²) in [6, 6.07) is 32.0. The molecule has 0 saturated carbocycles. The number of fused-ring (bicyclic) bond motifs is 1. The molecule has 2 aliphatic heterocycles. The molecule has 0 radical (unpaired) electrons. The fourth-order valence-electron chi connectivity index (χ4n) is 5.16. The molecule has 0 N–H and O–H groups in total. The Labute approximate surface area is 226 Å². The lowest BCUT2D eigenvalue weighted by molar-refractivity contribution is -0.126. The fraction of sp³-hybridized carbons (Fsp3) is 0.156. The lowest BCUT2D eigenvalue weighted by atomic mass is 9.90. The maximum Gasteiger partial charge on any atom is 0.343 e. The number of imide groups is 1. The Bertz CT molecular complexity index is 1500. The van der Waals surface area contributed by atoms with Gasteiger partial charge in [-0.3, -0.25) is 14.4 Å². The number of para-hydroxylation sites is 1. The van der Waals surface area contributed by atoms with Crippen molar-refractivity contribution in [3.05, 3.63) is 126 Å². The molecular formula is C32H26N2O5. The molecule has 0 unspecified atom stereocenters. The lowest BCUT2D eigenvalue weighted by Crippen LogP contribution is -2.37. The van der Waals surface area contributed by atoms with E-state index in [4.69, 9.17) is 9.57 Å². The molecular weight excluding hydrogens is 492 g/mol. The van der Waals surface area contributed by atoms with Crippen molar-refractivity contribution < 1.29 is 24.0 Å². The van der Waals surface area contributed by atoms with Crippen LogP contribution in [0.3, 0.4) is 0 Å². The van der Waals surface area contributed by atoms with E-state index in [0.717, 1.165) is 23.2 Å². The number of esters is 1. The van der Waals surface area contributed by atoms with Crippen LogP contribution in [0.4, 0.5) is 11.4 Å². The van der Waals surface area contributed by atoms with Crippen LogP contribution in [0, 0.1) is 5.92 Å². The van der Waals surface area contributed by atoms with E-state index in [1.807, 2.05) is 48.5 Å². The summed E-state index contributed by atoms with van der Waals surface area (Å²) in [7, 11) is 0. The van der Waals surface area contributed by atoms with Crippen molar-refractivity contribution in [2.24, 2.45) is 5.92 Å². The summed E-state index contributed by atoms with van der Waals surface area (Å²) in [4.78, 5) is 47.3. The Kier molecular flexibility index (Phi) is 6.42. The Morgan fingerprint density at radius 2 is 1.41 bits per heavy atom. The van der Waals surface area contributed by atoms with Gasteiger partial charge in [0.2, 0.25) is 5.91 Å². The van der Waals surface area contributed by atoms with Gasteiger partial charge in [0.1, 0.15) is 11.7 Å². The molecule has 2 fully saturated rings. The first kappa shape index (κ1) is 24.6. The van der Waals surface area contributed by atoms with Crippen LogP contribution >= 0.6 is 0 Å². The van der Waals surface area contributed by atoms with E-state index in [-0.39, 0.29) is 11.8 Å². The van der Waals surface area contributed by atoms with E-state index >= 15 is 0 Å². The maximum absolute atomic E-state index is 13.8. The Morgan fingerprint density at radius 3 is 2.05 bits per heavy atom. The zero-order chi connectivity index (χ0) is 26.9. The van der Waals surface area contributed by atoms with Crippen LogP contribution in [0.5, 0.6) is 5.75 Å². The highest BCUT2D eigenvalue weighted by atomic mass is 16.7. The van der Waals surface area contributed by atoms with Gasteiger partial charge in [-0.15, -0.1) is 0 Å². The minimum Gasteiger partial charge on any atom is -0.423 e. The molecule has 2 saturated heterocycles. The second-order valence-electron chi connectivity index (χ2n) is 9.51. The first-order valence-electron chi connectivity index (χ1n) is 12.9. The zero-order valence-electron chi connectivity index (χ0n) is 21.3. The predicted molar refractivity (Wildman–Crippen MR) is 146 cm³/mol. The van der Waals surface area contributed by atoms with Gasteiger partial charge >= 0.3 is 5.97 Å². The van der Waals surface area contributed by atoms with Gasteiger partial charge < -0.3 is 4.74 Å².